The van der Waals surface area contributed by atoms with E-state index in [-0.39, 0.29) is 5.97 Å². The van der Waals surface area contributed by atoms with Gasteiger partial charge in [-0.3, -0.25) is 4.98 Å². The summed E-state index contributed by atoms with van der Waals surface area (Å²) in [6.07, 6.45) is 6.40. The van der Waals surface area contributed by atoms with Gasteiger partial charge in [0, 0.05) is 18.9 Å². The van der Waals surface area contributed by atoms with Crippen molar-refractivity contribution in [1.82, 2.24) is 10.3 Å². The summed E-state index contributed by atoms with van der Waals surface area (Å²) in [6, 6.07) is 1.83. The van der Waals surface area contributed by atoms with Crippen molar-refractivity contribution in [2.24, 2.45) is 0 Å². The maximum Gasteiger partial charge on any atom is 0.339 e. The van der Waals surface area contributed by atoms with Crippen molar-refractivity contribution in [2.75, 3.05) is 20.2 Å². The minimum Gasteiger partial charge on any atom is -0.465 e. The first-order valence-electron chi connectivity index (χ1n) is 5.25. The second-order valence-electron chi connectivity index (χ2n) is 3.64. The van der Waals surface area contributed by atoms with Gasteiger partial charge in [0.05, 0.1) is 12.7 Å². The number of nitrogens with zero attached hydrogens (tertiary/aromatic N) is 1. The lowest BCUT2D eigenvalue weighted by molar-refractivity contribution is 0.0600. The molecule has 0 radical (unpaired) electrons. The number of hydrogen-bond acceptors (Lipinski definition) is 4. The smallest absolute Gasteiger partial charge is 0.339 e. The molecule has 1 N–H and O–H groups in total. The van der Waals surface area contributed by atoms with Gasteiger partial charge in [-0.2, -0.15) is 0 Å². The topological polar surface area (TPSA) is 51.2 Å². The summed E-state index contributed by atoms with van der Waals surface area (Å²) in [5, 5.41) is 3.24. The van der Waals surface area contributed by atoms with Crippen molar-refractivity contribution in [3.63, 3.8) is 0 Å². The van der Waals surface area contributed by atoms with Gasteiger partial charge >= 0.3 is 5.97 Å². The lowest BCUT2D eigenvalue weighted by Gasteiger charge is -2.14. The fraction of sp³-hybridized carbons (Fsp3) is 0.333. The van der Waals surface area contributed by atoms with E-state index in [9.17, 15) is 4.79 Å². The highest BCUT2D eigenvalue weighted by atomic mass is 16.5. The summed E-state index contributed by atoms with van der Waals surface area (Å²) < 4.78 is 4.67. The predicted octanol–water partition coefficient (Wildman–Crippen LogP) is 1.24. The second kappa shape index (κ2) is 4.90. The summed E-state index contributed by atoms with van der Waals surface area (Å²) in [5.74, 6) is -0.344. The zero-order chi connectivity index (χ0) is 11.4. The first kappa shape index (κ1) is 10.8. The predicted molar refractivity (Wildman–Crippen MR) is 61.0 cm³/mol. The fourth-order valence-corrected chi connectivity index (χ4v) is 1.73. The van der Waals surface area contributed by atoms with E-state index in [0.717, 1.165) is 25.1 Å². The van der Waals surface area contributed by atoms with Crippen LogP contribution in [0.1, 0.15) is 22.3 Å². The van der Waals surface area contributed by atoms with Crippen molar-refractivity contribution >= 4 is 11.5 Å². The normalized spacial score (nSPS) is 15.4. The average molecular weight is 218 g/mol. The molecule has 0 aromatic carbocycles. The first-order chi connectivity index (χ1) is 7.81. The SMILES string of the molecule is COC(=O)c1cncc(C2=CCNCC2)c1. The quantitative estimate of drug-likeness (QED) is 0.759. The Bertz CT molecular complexity index is 427. The molecule has 0 saturated carbocycles. The molecule has 0 spiro atoms. The number of carbonyl (C=O) groups is 1. The molecule has 4 nitrogen and oxygen atoms in total. The monoisotopic (exact) mass is 218 g/mol. The third-order valence-electron chi connectivity index (χ3n) is 2.59. The van der Waals surface area contributed by atoms with Crippen LogP contribution in [0.3, 0.4) is 0 Å². The Kier molecular flexibility index (Phi) is 3.31. The molecule has 0 unspecified atom stereocenters. The molecule has 4 heteroatoms. The molecule has 0 fully saturated rings. The number of methoxy groups -OCH3 is 1. The Morgan fingerprint density at radius 2 is 2.38 bits per heavy atom. The van der Waals surface area contributed by atoms with Gasteiger partial charge in [-0.15, -0.1) is 0 Å². The Morgan fingerprint density at radius 3 is 3.06 bits per heavy atom. The molecule has 0 saturated heterocycles. The van der Waals surface area contributed by atoms with Crippen LogP contribution in [0.15, 0.2) is 24.5 Å². The number of hydrogen-bond donors (Lipinski definition) is 1. The maximum absolute atomic E-state index is 11.4. The molecule has 0 bridgehead atoms. The Labute approximate surface area is 94.3 Å². The summed E-state index contributed by atoms with van der Waals surface area (Å²) in [6.45, 7) is 1.84. The van der Waals surface area contributed by atoms with Gasteiger partial charge in [-0.05, 0) is 30.2 Å². The fourth-order valence-electron chi connectivity index (χ4n) is 1.73. The van der Waals surface area contributed by atoms with E-state index < -0.39 is 0 Å². The van der Waals surface area contributed by atoms with Crippen LogP contribution in [0, 0.1) is 0 Å². The molecular weight excluding hydrogens is 204 g/mol. The Hall–Kier alpha value is -1.68. The van der Waals surface area contributed by atoms with Gasteiger partial charge < -0.3 is 10.1 Å². The van der Waals surface area contributed by atoms with E-state index in [1.54, 1.807) is 6.20 Å². The van der Waals surface area contributed by atoms with Gasteiger partial charge in [0.25, 0.3) is 0 Å². The third-order valence-corrected chi connectivity index (χ3v) is 2.59. The molecule has 1 aromatic rings. The van der Waals surface area contributed by atoms with Crippen molar-refractivity contribution in [1.29, 1.82) is 0 Å². The van der Waals surface area contributed by atoms with Crippen LogP contribution >= 0.6 is 0 Å². The van der Waals surface area contributed by atoms with Crippen molar-refractivity contribution in [2.45, 2.75) is 6.42 Å². The molecule has 1 aliphatic rings. The van der Waals surface area contributed by atoms with Gasteiger partial charge in [0.2, 0.25) is 0 Å². The molecule has 0 aliphatic carbocycles. The average Bonchev–Trinajstić information content (AvgIpc) is 2.39. The number of nitrogens with one attached hydrogen (secondary N) is 1. The van der Waals surface area contributed by atoms with Crippen molar-refractivity contribution in [3.8, 4) is 0 Å². The number of carbonyl (C=O) groups excluding carboxylic acids is 1. The number of esters is 1. The van der Waals surface area contributed by atoms with E-state index in [1.807, 2.05) is 6.07 Å². The summed E-state index contributed by atoms with van der Waals surface area (Å²) in [7, 11) is 1.37. The van der Waals surface area contributed by atoms with Crippen LogP contribution in [-0.2, 0) is 4.74 Å². The Morgan fingerprint density at radius 1 is 1.50 bits per heavy atom. The van der Waals surface area contributed by atoms with Crippen LogP contribution in [-0.4, -0.2) is 31.2 Å². The van der Waals surface area contributed by atoms with Crippen LogP contribution in [0.25, 0.3) is 5.57 Å². The molecule has 2 rings (SSSR count). The summed E-state index contributed by atoms with van der Waals surface area (Å²) in [4.78, 5) is 15.4. The highest BCUT2D eigenvalue weighted by Crippen LogP contribution is 2.19. The largest absolute Gasteiger partial charge is 0.465 e. The zero-order valence-corrected chi connectivity index (χ0v) is 9.19. The minimum atomic E-state index is -0.344. The molecule has 1 aromatic heterocycles. The van der Waals surface area contributed by atoms with Gasteiger partial charge in [-0.25, -0.2) is 4.79 Å². The second-order valence-corrected chi connectivity index (χ2v) is 3.64. The highest BCUT2D eigenvalue weighted by Gasteiger charge is 2.10. The van der Waals surface area contributed by atoms with E-state index in [2.05, 4.69) is 21.1 Å². The molecule has 1 aliphatic heterocycles. The van der Waals surface area contributed by atoms with E-state index in [4.69, 9.17) is 0 Å². The molecule has 0 amide bonds. The Balaban J connectivity index is 2.28. The number of pyridine rings is 1. The number of ether oxygens (including phenoxy) is 1. The molecule has 84 valence electrons. The first-order valence-corrected chi connectivity index (χ1v) is 5.25. The van der Waals surface area contributed by atoms with Crippen molar-refractivity contribution < 1.29 is 9.53 Å². The van der Waals surface area contributed by atoms with Crippen LogP contribution in [0.5, 0.6) is 0 Å². The van der Waals surface area contributed by atoms with E-state index >= 15 is 0 Å². The van der Waals surface area contributed by atoms with Gasteiger partial charge in [0.15, 0.2) is 0 Å². The van der Waals surface area contributed by atoms with E-state index in [0.29, 0.717) is 5.56 Å². The van der Waals surface area contributed by atoms with Crippen molar-refractivity contribution in [3.05, 3.63) is 35.7 Å². The molecular formula is C12H14N2O2. The van der Waals surface area contributed by atoms with Crippen LogP contribution in [0.4, 0.5) is 0 Å². The van der Waals surface area contributed by atoms with Gasteiger partial charge in [0.1, 0.15) is 0 Å². The maximum atomic E-state index is 11.4. The lowest BCUT2D eigenvalue weighted by atomic mass is 10.0. The van der Waals surface area contributed by atoms with Crippen LogP contribution in [0.2, 0.25) is 0 Å². The lowest BCUT2D eigenvalue weighted by Crippen LogP contribution is -2.20. The standard InChI is InChI=1S/C12H14N2O2/c1-16-12(15)11-6-10(7-14-8-11)9-2-4-13-5-3-9/h2,6-8,13H,3-5H2,1H3. The summed E-state index contributed by atoms with van der Waals surface area (Å²) >= 11 is 0. The zero-order valence-electron chi connectivity index (χ0n) is 9.19. The third kappa shape index (κ3) is 2.28. The molecule has 2 heterocycles. The number of aromatic nitrogens is 1. The minimum absolute atomic E-state index is 0.344. The summed E-state index contributed by atoms with van der Waals surface area (Å²) in [5.41, 5.74) is 2.74. The highest BCUT2D eigenvalue weighted by molar-refractivity contribution is 5.90. The molecule has 0 atom stereocenters. The van der Waals surface area contributed by atoms with E-state index in [1.165, 1.54) is 18.9 Å². The van der Waals surface area contributed by atoms with Crippen LogP contribution < -0.4 is 5.32 Å². The number of rotatable bonds is 2. The molecule has 16 heavy (non-hydrogen) atoms. The van der Waals surface area contributed by atoms with Gasteiger partial charge in [-0.1, -0.05) is 6.08 Å².